The lowest BCUT2D eigenvalue weighted by Crippen LogP contribution is -2.42. The minimum Gasteiger partial charge on any atom is -0.466 e. The zero-order chi connectivity index (χ0) is 50.3. The summed E-state index contributed by atoms with van der Waals surface area (Å²) in [5.41, 5.74) is -0.276. The summed E-state index contributed by atoms with van der Waals surface area (Å²) in [4.78, 5) is 33.6. The number of hydrogen-bond donors (Lipinski definition) is 0. The maximum absolute atomic E-state index is 13.6. The fourth-order valence-electron chi connectivity index (χ4n) is 9.67. The Hall–Kier alpha value is -2.05. The van der Waals surface area contributed by atoms with Crippen LogP contribution in [0.15, 0.2) is 18.7 Å². The molecule has 0 spiro atoms. The molecule has 0 aromatic carbocycles. The van der Waals surface area contributed by atoms with Gasteiger partial charge >= 0.3 is 11.9 Å². The molecule has 0 bridgehead atoms. The second kappa shape index (κ2) is 46.7. The van der Waals surface area contributed by atoms with Gasteiger partial charge in [-0.3, -0.25) is 9.59 Å². The number of piperidine rings is 1. The molecule has 0 aliphatic carbocycles. The molecule has 0 saturated carbocycles. The third-order valence-corrected chi connectivity index (χ3v) is 14.4. The summed E-state index contributed by atoms with van der Waals surface area (Å²) < 4.78 is 39.0. The molecule has 11 nitrogen and oxygen atoms in total. The van der Waals surface area contributed by atoms with E-state index in [2.05, 4.69) is 42.1 Å². The number of ether oxygens (including phenoxy) is 6. The van der Waals surface area contributed by atoms with Crippen LogP contribution >= 0.6 is 0 Å². The fourth-order valence-corrected chi connectivity index (χ4v) is 9.67. The summed E-state index contributed by atoms with van der Waals surface area (Å²) in [5.74, 6) is -0.389. The van der Waals surface area contributed by atoms with Crippen molar-refractivity contribution in [2.45, 2.75) is 284 Å². The van der Waals surface area contributed by atoms with Crippen LogP contribution in [0.2, 0.25) is 0 Å². The number of esters is 2. The van der Waals surface area contributed by atoms with Gasteiger partial charge in [0, 0.05) is 58.2 Å². The molecule has 1 aromatic rings. The second-order valence-corrected chi connectivity index (χ2v) is 20.9. The van der Waals surface area contributed by atoms with Gasteiger partial charge in [-0.25, -0.2) is 4.98 Å². The van der Waals surface area contributed by atoms with E-state index in [1.807, 2.05) is 18.7 Å². The molecular weight excluding hydrogens is 879 g/mol. The van der Waals surface area contributed by atoms with Crippen LogP contribution in [0, 0.1) is 5.41 Å². The fraction of sp³-hybridized carbons (Fsp3) is 0.915. The van der Waals surface area contributed by atoms with Gasteiger partial charge in [-0.05, 0) is 82.8 Å². The molecule has 0 atom stereocenters. The Morgan fingerprint density at radius 3 is 1.36 bits per heavy atom. The third-order valence-electron chi connectivity index (χ3n) is 14.4. The van der Waals surface area contributed by atoms with Gasteiger partial charge in [0.15, 0.2) is 12.6 Å². The Morgan fingerprint density at radius 2 is 0.914 bits per heavy atom. The van der Waals surface area contributed by atoms with E-state index in [1.165, 1.54) is 141 Å². The molecule has 1 aliphatic rings. The van der Waals surface area contributed by atoms with E-state index in [0.29, 0.717) is 71.7 Å². The summed E-state index contributed by atoms with van der Waals surface area (Å²) >= 11 is 0. The van der Waals surface area contributed by atoms with Crippen LogP contribution < -0.4 is 0 Å². The van der Waals surface area contributed by atoms with Crippen molar-refractivity contribution in [1.82, 2.24) is 14.5 Å². The Labute approximate surface area is 430 Å². The number of nitrogens with zero attached hydrogens (tertiary/aromatic N) is 3. The largest absolute Gasteiger partial charge is 0.466 e. The number of aromatic nitrogens is 2. The van der Waals surface area contributed by atoms with E-state index in [1.54, 1.807) is 0 Å². The second-order valence-electron chi connectivity index (χ2n) is 20.9. The standard InChI is InChI=1S/C59H111N3O8/c1-5-9-13-17-21-25-29-47-67-57(68-48-30-26-22-18-14-10-6-2)35-33-51-65-56(64)53-59(38-44-61(45-39-59)42-34-43-62-46-41-60-54-62)40-52-66-55(63)36-37-58(69-49-31-27-23-19-15-11-7-3)70-50-32-28-24-20-16-12-8-4/h41,46,54,57-58H,5-40,42-45,47-53H2,1-4H3. The average Bonchev–Trinajstić information content (AvgIpc) is 3.89. The highest BCUT2D eigenvalue weighted by Crippen LogP contribution is 2.39. The summed E-state index contributed by atoms with van der Waals surface area (Å²) in [7, 11) is 0. The molecule has 410 valence electrons. The number of rotatable bonds is 52. The van der Waals surface area contributed by atoms with E-state index in [9.17, 15) is 9.59 Å². The molecule has 2 rings (SSSR count). The molecule has 0 amide bonds. The first-order valence-electron chi connectivity index (χ1n) is 29.9. The van der Waals surface area contributed by atoms with Crippen LogP contribution in [0.5, 0.6) is 0 Å². The number of hydrogen-bond acceptors (Lipinski definition) is 10. The Balaban J connectivity index is 1.90. The van der Waals surface area contributed by atoms with Gasteiger partial charge in [-0.2, -0.15) is 0 Å². The van der Waals surface area contributed by atoms with Gasteiger partial charge in [-0.1, -0.05) is 182 Å². The van der Waals surface area contributed by atoms with Crippen LogP contribution in [0.25, 0.3) is 0 Å². The highest BCUT2D eigenvalue weighted by molar-refractivity contribution is 5.70. The maximum Gasteiger partial charge on any atom is 0.306 e. The molecule has 11 heteroatoms. The van der Waals surface area contributed by atoms with Crippen molar-refractivity contribution in [3.05, 3.63) is 18.7 Å². The predicted octanol–water partition coefficient (Wildman–Crippen LogP) is 15.5. The zero-order valence-corrected chi connectivity index (χ0v) is 46.2. The molecule has 0 N–H and O–H groups in total. The van der Waals surface area contributed by atoms with Crippen molar-refractivity contribution in [3.63, 3.8) is 0 Å². The molecule has 2 heterocycles. The SMILES string of the molecule is CCCCCCCCCOC(CCCOC(=O)CC1(CCOC(=O)CCC(OCCCCCCCCC)OCCCCCCCCC)CCN(CCCn2ccnc2)CC1)OCCCCCCCCC. The minimum atomic E-state index is -0.393. The first-order chi connectivity index (χ1) is 34.4. The number of carbonyl (C=O) groups excluding carboxylic acids is 2. The number of likely N-dealkylation sites (tertiary alicyclic amines) is 1. The molecule has 0 unspecified atom stereocenters. The zero-order valence-electron chi connectivity index (χ0n) is 46.2. The number of unbranched alkanes of at least 4 members (excludes halogenated alkanes) is 24. The Kier molecular flexibility index (Phi) is 42.8. The van der Waals surface area contributed by atoms with Gasteiger partial charge in [0.25, 0.3) is 0 Å². The predicted molar refractivity (Wildman–Crippen MR) is 288 cm³/mol. The van der Waals surface area contributed by atoms with Crippen molar-refractivity contribution in [2.24, 2.45) is 5.41 Å². The van der Waals surface area contributed by atoms with E-state index < -0.39 is 6.29 Å². The molecule has 1 fully saturated rings. The maximum atomic E-state index is 13.6. The summed E-state index contributed by atoms with van der Waals surface area (Å²) in [5, 5.41) is 0. The van der Waals surface area contributed by atoms with Gasteiger partial charge in [-0.15, -0.1) is 0 Å². The lowest BCUT2D eigenvalue weighted by Gasteiger charge is -2.41. The Morgan fingerprint density at radius 1 is 0.486 bits per heavy atom. The van der Waals surface area contributed by atoms with Crippen molar-refractivity contribution in [1.29, 1.82) is 0 Å². The number of carbonyl (C=O) groups is 2. The first kappa shape index (κ1) is 64.1. The first-order valence-corrected chi connectivity index (χ1v) is 29.9. The van der Waals surface area contributed by atoms with Crippen molar-refractivity contribution in [2.75, 3.05) is 59.3 Å². The molecule has 0 radical (unpaired) electrons. The molecule has 1 aliphatic heterocycles. The van der Waals surface area contributed by atoms with E-state index >= 15 is 0 Å². The summed E-state index contributed by atoms with van der Waals surface area (Å²) in [6.07, 6.45) is 45.7. The van der Waals surface area contributed by atoms with Gasteiger partial charge < -0.3 is 37.9 Å². The van der Waals surface area contributed by atoms with Gasteiger partial charge in [0.05, 0.1) is 32.4 Å². The quantitative estimate of drug-likeness (QED) is 0.0355. The highest BCUT2D eigenvalue weighted by Gasteiger charge is 2.37. The monoisotopic (exact) mass is 990 g/mol. The summed E-state index contributed by atoms with van der Waals surface area (Å²) in [6, 6.07) is 0. The van der Waals surface area contributed by atoms with Crippen LogP contribution in [0.3, 0.4) is 0 Å². The van der Waals surface area contributed by atoms with Crippen LogP contribution in [-0.4, -0.2) is 98.2 Å². The van der Waals surface area contributed by atoms with Crippen molar-refractivity contribution < 1.29 is 38.0 Å². The van der Waals surface area contributed by atoms with Gasteiger partial charge in [0.2, 0.25) is 0 Å². The van der Waals surface area contributed by atoms with Crippen LogP contribution in [0.4, 0.5) is 0 Å². The normalized spacial score (nSPS) is 14.0. The van der Waals surface area contributed by atoms with Crippen LogP contribution in [-0.2, 0) is 44.6 Å². The molecule has 1 aromatic heterocycles. The number of aryl methyl sites for hydroxylation is 1. The van der Waals surface area contributed by atoms with E-state index in [-0.39, 0.29) is 30.1 Å². The smallest absolute Gasteiger partial charge is 0.306 e. The van der Waals surface area contributed by atoms with Crippen LogP contribution in [0.1, 0.15) is 265 Å². The number of imidazole rings is 1. The lowest BCUT2D eigenvalue weighted by atomic mass is 9.73. The molecule has 1 saturated heterocycles. The molecular formula is C59H111N3O8. The Bertz CT molecular complexity index is 1240. The van der Waals surface area contributed by atoms with Crippen molar-refractivity contribution in [3.8, 4) is 0 Å². The summed E-state index contributed by atoms with van der Waals surface area (Å²) in [6.45, 7) is 16.2. The average molecular weight is 991 g/mol. The molecule has 70 heavy (non-hydrogen) atoms. The van der Waals surface area contributed by atoms with Gasteiger partial charge in [0.1, 0.15) is 0 Å². The van der Waals surface area contributed by atoms with E-state index in [0.717, 1.165) is 84.0 Å². The lowest BCUT2D eigenvalue weighted by molar-refractivity contribution is -0.160. The highest BCUT2D eigenvalue weighted by atomic mass is 16.7. The minimum absolute atomic E-state index is 0.163. The van der Waals surface area contributed by atoms with E-state index in [4.69, 9.17) is 28.4 Å². The third kappa shape index (κ3) is 36.8. The topological polar surface area (TPSA) is 111 Å². The van der Waals surface area contributed by atoms with Crippen molar-refractivity contribution >= 4 is 11.9 Å².